The number of benzene rings is 2. The molecule has 0 saturated carbocycles. The molecule has 27 heavy (non-hydrogen) atoms. The van der Waals surface area contributed by atoms with E-state index < -0.39 is 39.8 Å². The maximum atomic E-state index is 12.8. The Labute approximate surface area is 155 Å². The minimum absolute atomic E-state index is 0.00979. The maximum Gasteiger partial charge on any atom is 0.416 e. The molecule has 2 atom stereocenters. The minimum atomic E-state index is -4.49. The van der Waals surface area contributed by atoms with E-state index in [9.17, 15) is 26.4 Å². The van der Waals surface area contributed by atoms with Gasteiger partial charge in [0.25, 0.3) is 0 Å². The monoisotopic (exact) mass is 400 g/mol. The number of nitrogens with one attached hydrogen (secondary N) is 2. The van der Waals surface area contributed by atoms with Gasteiger partial charge in [-0.3, -0.25) is 4.79 Å². The summed E-state index contributed by atoms with van der Waals surface area (Å²) in [6, 6.07) is 10.3. The fourth-order valence-electron chi connectivity index (χ4n) is 2.36. The molecule has 0 aromatic heterocycles. The summed E-state index contributed by atoms with van der Waals surface area (Å²) < 4.78 is 65.1. The van der Waals surface area contributed by atoms with Crippen LogP contribution in [0.5, 0.6) is 0 Å². The number of alkyl halides is 3. The first kappa shape index (κ1) is 20.9. The fraction of sp³-hybridized carbons (Fsp3) is 0.278. The Kier molecular flexibility index (Phi) is 6.27. The molecule has 0 aliphatic carbocycles. The van der Waals surface area contributed by atoms with Crippen LogP contribution in [0, 0.1) is 0 Å². The van der Waals surface area contributed by atoms with Crippen LogP contribution in [0.2, 0.25) is 0 Å². The van der Waals surface area contributed by atoms with Crippen molar-refractivity contribution in [2.45, 2.75) is 37.0 Å². The van der Waals surface area contributed by atoms with Gasteiger partial charge in [-0.25, -0.2) is 8.42 Å². The fourth-order valence-corrected chi connectivity index (χ4v) is 3.58. The molecule has 0 heterocycles. The van der Waals surface area contributed by atoms with Crippen LogP contribution in [0.3, 0.4) is 0 Å². The summed E-state index contributed by atoms with van der Waals surface area (Å²) >= 11 is 0. The van der Waals surface area contributed by atoms with Gasteiger partial charge in [0, 0.05) is 0 Å². The van der Waals surface area contributed by atoms with Crippen LogP contribution in [0.1, 0.15) is 31.0 Å². The Hall–Kier alpha value is -2.39. The van der Waals surface area contributed by atoms with Crippen molar-refractivity contribution in [1.82, 2.24) is 10.0 Å². The molecule has 2 rings (SSSR count). The quantitative estimate of drug-likeness (QED) is 0.782. The molecule has 0 saturated heterocycles. The Morgan fingerprint density at radius 1 is 1.00 bits per heavy atom. The van der Waals surface area contributed by atoms with Gasteiger partial charge in [-0.1, -0.05) is 30.3 Å². The Bertz CT molecular complexity index is 900. The zero-order chi connectivity index (χ0) is 20.2. The number of carbonyl (C=O) groups is 1. The van der Waals surface area contributed by atoms with Crippen molar-refractivity contribution in [2.24, 2.45) is 0 Å². The first-order valence-corrected chi connectivity index (χ1v) is 9.54. The zero-order valence-corrected chi connectivity index (χ0v) is 15.4. The standard InChI is InChI=1S/C18H19F3N2O3S/c1-12(14-7-6-8-15(11-14)18(19,20)21)22-17(24)13(2)23-27(25,26)16-9-4-3-5-10-16/h3-13,23H,1-2H3,(H,22,24). The SMILES string of the molecule is CC(NS(=O)(=O)c1ccccc1)C(=O)NC(C)c1cccc(C(F)(F)F)c1. The molecule has 2 aromatic carbocycles. The van der Waals surface area contributed by atoms with Crippen molar-refractivity contribution in [1.29, 1.82) is 0 Å². The molecule has 2 unspecified atom stereocenters. The number of sulfonamides is 1. The van der Waals surface area contributed by atoms with E-state index >= 15 is 0 Å². The molecular weight excluding hydrogens is 381 g/mol. The summed E-state index contributed by atoms with van der Waals surface area (Å²) in [5.74, 6) is -0.653. The second-order valence-corrected chi connectivity index (χ2v) is 7.72. The van der Waals surface area contributed by atoms with E-state index in [1.54, 1.807) is 18.2 Å². The smallest absolute Gasteiger partial charge is 0.348 e. The van der Waals surface area contributed by atoms with E-state index in [1.807, 2.05) is 0 Å². The van der Waals surface area contributed by atoms with Crippen molar-refractivity contribution >= 4 is 15.9 Å². The number of carbonyl (C=O) groups excluding carboxylic acids is 1. The number of hydrogen-bond acceptors (Lipinski definition) is 3. The van der Waals surface area contributed by atoms with Crippen molar-refractivity contribution in [2.75, 3.05) is 0 Å². The van der Waals surface area contributed by atoms with Crippen LogP contribution in [0.25, 0.3) is 0 Å². The molecule has 2 N–H and O–H groups in total. The lowest BCUT2D eigenvalue weighted by molar-refractivity contribution is -0.137. The van der Waals surface area contributed by atoms with Gasteiger partial charge in [-0.05, 0) is 43.7 Å². The molecule has 0 bridgehead atoms. The normalized spacial score (nSPS) is 14.4. The average Bonchev–Trinajstić information content (AvgIpc) is 2.61. The first-order valence-electron chi connectivity index (χ1n) is 8.05. The van der Waals surface area contributed by atoms with Crippen molar-refractivity contribution in [3.05, 3.63) is 65.7 Å². The van der Waals surface area contributed by atoms with Crippen LogP contribution in [-0.4, -0.2) is 20.4 Å². The molecule has 0 fully saturated rings. The molecule has 9 heteroatoms. The van der Waals surface area contributed by atoms with Crippen LogP contribution >= 0.6 is 0 Å². The molecule has 5 nitrogen and oxygen atoms in total. The van der Waals surface area contributed by atoms with Gasteiger partial charge in [0.05, 0.1) is 22.5 Å². The average molecular weight is 400 g/mol. The third-order valence-corrected chi connectivity index (χ3v) is 5.41. The molecule has 2 aromatic rings. The van der Waals surface area contributed by atoms with Crippen LogP contribution < -0.4 is 10.0 Å². The minimum Gasteiger partial charge on any atom is -0.348 e. The van der Waals surface area contributed by atoms with Gasteiger partial charge in [0.1, 0.15) is 0 Å². The molecule has 0 spiro atoms. The Morgan fingerprint density at radius 2 is 1.63 bits per heavy atom. The van der Waals surface area contributed by atoms with Gasteiger partial charge in [0.15, 0.2) is 0 Å². The van der Waals surface area contributed by atoms with Crippen molar-refractivity contribution in [3.8, 4) is 0 Å². The summed E-state index contributed by atoms with van der Waals surface area (Å²) in [5.41, 5.74) is -0.560. The number of hydrogen-bond donors (Lipinski definition) is 2. The Balaban J connectivity index is 2.06. The van der Waals surface area contributed by atoms with E-state index in [0.717, 1.165) is 12.1 Å². The second kappa shape index (κ2) is 8.10. The summed E-state index contributed by atoms with van der Waals surface area (Å²) in [5, 5.41) is 2.52. The highest BCUT2D eigenvalue weighted by Crippen LogP contribution is 2.30. The highest BCUT2D eigenvalue weighted by molar-refractivity contribution is 7.89. The van der Waals surface area contributed by atoms with Gasteiger partial charge in [0.2, 0.25) is 15.9 Å². The predicted molar refractivity (Wildman–Crippen MR) is 94.2 cm³/mol. The van der Waals surface area contributed by atoms with Gasteiger partial charge < -0.3 is 5.32 Å². The summed E-state index contributed by atoms with van der Waals surface area (Å²) in [7, 11) is -3.89. The zero-order valence-electron chi connectivity index (χ0n) is 14.6. The highest BCUT2D eigenvalue weighted by atomic mass is 32.2. The lowest BCUT2D eigenvalue weighted by Crippen LogP contribution is -2.45. The van der Waals surface area contributed by atoms with Gasteiger partial charge in [-0.2, -0.15) is 17.9 Å². The van der Waals surface area contributed by atoms with E-state index in [1.165, 1.54) is 38.1 Å². The third kappa shape index (κ3) is 5.54. The van der Waals surface area contributed by atoms with Crippen molar-refractivity contribution in [3.63, 3.8) is 0 Å². The van der Waals surface area contributed by atoms with Gasteiger partial charge >= 0.3 is 6.18 Å². The van der Waals surface area contributed by atoms with E-state index in [4.69, 9.17) is 0 Å². The van der Waals surface area contributed by atoms with E-state index in [2.05, 4.69) is 10.0 Å². The number of rotatable bonds is 6. The highest BCUT2D eigenvalue weighted by Gasteiger charge is 2.31. The van der Waals surface area contributed by atoms with Crippen LogP contribution in [0.4, 0.5) is 13.2 Å². The second-order valence-electron chi connectivity index (χ2n) is 6.01. The Morgan fingerprint density at radius 3 is 2.22 bits per heavy atom. The van der Waals surface area contributed by atoms with Crippen LogP contribution in [0.15, 0.2) is 59.5 Å². The molecule has 1 amide bonds. The van der Waals surface area contributed by atoms with E-state index in [0.29, 0.717) is 0 Å². The summed E-state index contributed by atoms with van der Waals surface area (Å²) in [6.07, 6.45) is -4.49. The van der Waals surface area contributed by atoms with E-state index in [-0.39, 0.29) is 10.5 Å². The predicted octanol–water partition coefficient (Wildman–Crippen LogP) is 3.25. The molecule has 0 aliphatic heterocycles. The molecular formula is C18H19F3N2O3S. The first-order chi connectivity index (χ1) is 12.5. The number of amides is 1. The topological polar surface area (TPSA) is 75.3 Å². The van der Waals surface area contributed by atoms with Crippen molar-refractivity contribution < 1.29 is 26.4 Å². The largest absolute Gasteiger partial charge is 0.416 e. The maximum absolute atomic E-state index is 12.8. The van der Waals surface area contributed by atoms with Gasteiger partial charge in [-0.15, -0.1) is 0 Å². The molecule has 0 radical (unpaired) electrons. The lowest BCUT2D eigenvalue weighted by Gasteiger charge is -2.19. The number of halogens is 3. The van der Waals surface area contributed by atoms with Crippen LogP contribution in [-0.2, 0) is 21.0 Å². The lowest BCUT2D eigenvalue weighted by atomic mass is 10.0. The third-order valence-electron chi connectivity index (χ3n) is 3.85. The summed E-state index contributed by atoms with van der Waals surface area (Å²) in [6.45, 7) is 2.88. The molecule has 0 aliphatic rings. The molecule has 146 valence electrons. The summed E-state index contributed by atoms with van der Waals surface area (Å²) in [4.78, 5) is 12.3.